The van der Waals surface area contributed by atoms with Crippen molar-refractivity contribution in [2.24, 2.45) is 22.5 Å². The Labute approximate surface area is 171 Å². The van der Waals surface area contributed by atoms with Gasteiger partial charge in [0.15, 0.2) is 11.4 Å². The molecule has 1 aromatic carbocycles. The first-order valence-electron chi connectivity index (χ1n) is 9.66. The summed E-state index contributed by atoms with van der Waals surface area (Å²) in [6.45, 7) is 10.7. The number of ketones is 1. The summed E-state index contributed by atoms with van der Waals surface area (Å²) in [7, 11) is 3.06. The number of halogens is 1. The largest absolute Gasteiger partial charge is 0.496 e. The van der Waals surface area contributed by atoms with E-state index < -0.39 is 5.60 Å². The molecule has 1 spiro atoms. The molecular formula is C22H28ClNO4. The summed E-state index contributed by atoms with van der Waals surface area (Å²) in [5.41, 5.74) is 7.63. The minimum Gasteiger partial charge on any atom is -0.496 e. The van der Waals surface area contributed by atoms with Crippen molar-refractivity contribution >= 4 is 17.4 Å². The van der Waals surface area contributed by atoms with Crippen LogP contribution in [0.25, 0.3) is 0 Å². The maximum Gasteiger partial charge on any atom is 0.218 e. The number of hydrogen-bond donors (Lipinski definition) is 1. The normalized spacial score (nSPS) is 31.8. The zero-order chi connectivity index (χ0) is 20.8. The summed E-state index contributed by atoms with van der Waals surface area (Å²) < 4.78 is 17.4. The highest BCUT2D eigenvalue weighted by Crippen LogP contribution is 2.70. The molecular weight excluding hydrogens is 378 g/mol. The molecule has 0 amide bonds. The number of nitrogens with two attached hydrogens (primary N) is 1. The third-order valence-corrected chi connectivity index (χ3v) is 7.95. The second kappa shape index (κ2) is 5.67. The summed E-state index contributed by atoms with van der Waals surface area (Å²) in [5.74, 6) is 0.989. The summed E-state index contributed by atoms with van der Waals surface area (Å²) in [6, 6.07) is 1.57. The smallest absolute Gasteiger partial charge is 0.218 e. The molecule has 1 aliphatic heterocycles. The number of ether oxygens (including phenoxy) is 3. The highest BCUT2D eigenvalue weighted by molar-refractivity contribution is 6.35. The summed E-state index contributed by atoms with van der Waals surface area (Å²) in [6.07, 6.45) is 0.676. The first-order valence-corrected chi connectivity index (χ1v) is 10.0. The van der Waals surface area contributed by atoms with E-state index in [9.17, 15) is 4.79 Å². The molecule has 0 radical (unpaired) electrons. The second-order valence-corrected chi connectivity index (χ2v) is 9.63. The molecule has 2 N–H and O–H groups in total. The molecule has 0 unspecified atom stereocenters. The van der Waals surface area contributed by atoms with Crippen LogP contribution in [0.3, 0.4) is 0 Å². The average Bonchev–Trinajstić information content (AvgIpc) is 2.93. The van der Waals surface area contributed by atoms with E-state index in [0.29, 0.717) is 34.3 Å². The molecule has 152 valence electrons. The van der Waals surface area contributed by atoms with Gasteiger partial charge in [0.25, 0.3) is 0 Å². The lowest BCUT2D eigenvalue weighted by atomic mass is 9.41. The standard InChI is InChI=1S/C22H28ClNO4/c1-10-8-11(24)15-18(21(4,5)20(15,2)3)22(10)19(25)14-12(26-6)9-13(27-7)16(23)17(14)28-22/h9-11H,8,24H2,1-7H3/t10-,11-,22+/m1/s1. The number of fused-ring (bicyclic) bond motifs is 2. The molecule has 0 fully saturated rings. The van der Waals surface area contributed by atoms with Gasteiger partial charge in [-0.3, -0.25) is 4.79 Å². The van der Waals surface area contributed by atoms with Gasteiger partial charge in [-0.25, -0.2) is 0 Å². The van der Waals surface area contributed by atoms with E-state index in [-0.39, 0.29) is 28.6 Å². The van der Waals surface area contributed by atoms with Crippen LogP contribution in [-0.2, 0) is 0 Å². The molecule has 2 aliphatic carbocycles. The molecule has 28 heavy (non-hydrogen) atoms. The van der Waals surface area contributed by atoms with Crippen LogP contribution in [0.2, 0.25) is 5.02 Å². The number of rotatable bonds is 2. The quantitative estimate of drug-likeness (QED) is 0.738. The van der Waals surface area contributed by atoms with Crippen LogP contribution in [0.5, 0.6) is 17.2 Å². The fourth-order valence-corrected chi connectivity index (χ4v) is 5.82. The van der Waals surface area contributed by atoms with Crippen molar-refractivity contribution in [3.05, 3.63) is 27.8 Å². The minimum absolute atomic E-state index is 0.0781. The Morgan fingerprint density at radius 1 is 1.14 bits per heavy atom. The molecule has 0 bridgehead atoms. The van der Waals surface area contributed by atoms with Crippen molar-refractivity contribution in [3.8, 4) is 17.2 Å². The molecule has 3 aliphatic rings. The maximum absolute atomic E-state index is 13.9. The van der Waals surface area contributed by atoms with Gasteiger partial charge in [-0.05, 0) is 28.4 Å². The van der Waals surface area contributed by atoms with E-state index in [1.165, 1.54) is 14.2 Å². The van der Waals surface area contributed by atoms with Crippen LogP contribution in [0.1, 0.15) is 51.4 Å². The van der Waals surface area contributed by atoms with Gasteiger partial charge in [-0.15, -0.1) is 0 Å². The van der Waals surface area contributed by atoms with E-state index in [1.807, 2.05) is 6.92 Å². The van der Waals surface area contributed by atoms with Gasteiger partial charge < -0.3 is 19.9 Å². The number of Topliss-reactive ketones (excluding diaryl/α,β-unsaturated/α-hetero) is 1. The zero-order valence-corrected chi connectivity index (χ0v) is 18.3. The fourth-order valence-electron chi connectivity index (χ4n) is 5.55. The third-order valence-electron chi connectivity index (χ3n) is 7.59. The highest BCUT2D eigenvalue weighted by Gasteiger charge is 2.70. The number of methoxy groups -OCH3 is 2. The number of carbonyl (C=O) groups excluding carboxylic acids is 1. The first-order chi connectivity index (χ1) is 13.0. The van der Waals surface area contributed by atoms with Crippen LogP contribution in [0, 0.1) is 16.7 Å². The predicted molar refractivity (Wildman–Crippen MR) is 109 cm³/mol. The second-order valence-electron chi connectivity index (χ2n) is 9.25. The van der Waals surface area contributed by atoms with Crippen molar-refractivity contribution in [2.75, 3.05) is 14.2 Å². The Bertz CT molecular complexity index is 933. The Morgan fingerprint density at radius 2 is 1.75 bits per heavy atom. The van der Waals surface area contributed by atoms with Crippen molar-refractivity contribution in [3.63, 3.8) is 0 Å². The van der Waals surface area contributed by atoms with Crippen LogP contribution < -0.4 is 19.9 Å². The average molecular weight is 406 g/mol. The lowest BCUT2D eigenvalue weighted by Gasteiger charge is -2.64. The van der Waals surface area contributed by atoms with Gasteiger partial charge in [0.2, 0.25) is 5.78 Å². The van der Waals surface area contributed by atoms with Gasteiger partial charge in [0.1, 0.15) is 22.1 Å². The van der Waals surface area contributed by atoms with E-state index in [1.54, 1.807) is 6.07 Å². The zero-order valence-electron chi connectivity index (χ0n) is 17.5. The molecule has 1 heterocycles. The van der Waals surface area contributed by atoms with Crippen LogP contribution in [0.15, 0.2) is 17.2 Å². The minimum atomic E-state index is -1.10. The predicted octanol–water partition coefficient (Wildman–Crippen LogP) is 4.40. The summed E-state index contributed by atoms with van der Waals surface area (Å²) in [5, 5.41) is 0.295. The van der Waals surface area contributed by atoms with E-state index in [0.717, 1.165) is 11.1 Å². The third kappa shape index (κ3) is 1.94. The van der Waals surface area contributed by atoms with Gasteiger partial charge in [0, 0.05) is 18.0 Å². The van der Waals surface area contributed by atoms with Gasteiger partial charge in [-0.1, -0.05) is 46.2 Å². The molecule has 0 saturated heterocycles. The Kier molecular flexibility index (Phi) is 3.97. The number of benzene rings is 1. The molecule has 3 atom stereocenters. The lowest BCUT2D eigenvalue weighted by molar-refractivity contribution is -0.0134. The summed E-state index contributed by atoms with van der Waals surface area (Å²) >= 11 is 6.56. The van der Waals surface area contributed by atoms with Crippen molar-refractivity contribution in [1.29, 1.82) is 0 Å². The number of hydrogen-bond acceptors (Lipinski definition) is 5. The highest BCUT2D eigenvalue weighted by atomic mass is 35.5. The van der Waals surface area contributed by atoms with E-state index in [4.69, 9.17) is 31.5 Å². The monoisotopic (exact) mass is 405 g/mol. The molecule has 6 heteroatoms. The molecule has 0 aromatic heterocycles. The molecule has 4 rings (SSSR count). The topological polar surface area (TPSA) is 70.8 Å². The Balaban J connectivity index is 2.01. The molecule has 5 nitrogen and oxygen atoms in total. The molecule has 0 saturated carbocycles. The SMILES string of the molecule is COc1cc(OC)c2c(c1Cl)O[C@]1(C2=O)C2=C([C@H](N)C[C@H]1C)C(C)(C)C2(C)C. The van der Waals surface area contributed by atoms with Gasteiger partial charge >= 0.3 is 0 Å². The van der Waals surface area contributed by atoms with Gasteiger partial charge in [0.05, 0.1) is 14.2 Å². The van der Waals surface area contributed by atoms with E-state index in [2.05, 4.69) is 27.7 Å². The molecule has 1 aromatic rings. The number of carbonyl (C=O) groups is 1. The lowest BCUT2D eigenvalue weighted by Crippen LogP contribution is -2.67. The van der Waals surface area contributed by atoms with Crippen molar-refractivity contribution < 1.29 is 19.0 Å². The van der Waals surface area contributed by atoms with Crippen molar-refractivity contribution in [1.82, 2.24) is 0 Å². The maximum atomic E-state index is 13.9. The Hall–Kier alpha value is -1.72. The van der Waals surface area contributed by atoms with Crippen LogP contribution >= 0.6 is 11.6 Å². The summed E-state index contributed by atoms with van der Waals surface area (Å²) in [4.78, 5) is 13.9. The fraction of sp³-hybridized carbons (Fsp3) is 0.591. The van der Waals surface area contributed by atoms with Crippen LogP contribution in [-0.4, -0.2) is 31.6 Å². The first kappa shape index (κ1) is 19.6. The van der Waals surface area contributed by atoms with E-state index >= 15 is 0 Å². The van der Waals surface area contributed by atoms with Crippen molar-refractivity contribution in [2.45, 2.75) is 52.7 Å². The Morgan fingerprint density at radius 3 is 2.32 bits per heavy atom. The van der Waals surface area contributed by atoms with Gasteiger partial charge in [-0.2, -0.15) is 0 Å². The van der Waals surface area contributed by atoms with Crippen LogP contribution in [0.4, 0.5) is 0 Å².